The fourth-order valence-corrected chi connectivity index (χ4v) is 7.24. The van der Waals surface area contributed by atoms with Gasteiger partial charge in [0, 0.05) is 27.6 Å². The summed E-state index contributed by atoms with van der Waals surface area (Å²) in [5, 5.41) is 8.17. The summed E-state index contributed by atoms with van der Waals surface area (Å²) in [6.45, 7) is 0. The number of hydrogen-bond donors (Lipinski definition) is 0. The first-order valence-corrected chi connectivity index (χ1v) is 17.5. The van der Waals surface area contributed by atoms with Crippen molar-refractivity contribution in [2.75, 3.05) is 0 Å². The Balaban J connectivity index is 1.15. The zero-order valence-corrected chi connectivity index (χ0v) is 28.1. The molecule has 0 aliphatic rings. The molecule has 8 aromatic carbocycles. The van der Waals surface area contributed by atoms with Crippen molar-refractivity contribution in [1.82, 2.24) is 19.9 Å². The molecule has 0 unspecified atom stereocenters. The molecule has 0 N–H and O–H groups in total. The molecule has 52 heavy (non-hydrogen) atoms. The smallest absolute Gasteiger partial charge is 0.164 e. The topological polar surface area (TPSA) is 51.6 Å². The van der Waals surface area contributed by atoms with Crippen LogP contribution in [-0.4, -0.2) is 19.9 Å². The van der Waals surface area contributed by atoms with Crippen LogP contribution in [0.1, 0.15) is 0 Å². The first-order chi connectivity index (χ1) is 25.7. The summed E-state index contributed by atoms with van der Waals surface area (Å²) in [5.74, 6) is 1.87. The Morgan fingerprint density at radius 3 is 1.44 bits per heavy atom. The zero-order valence-electron chi connectivity index (χ0n) is 28.1. The van der Waals surface area contributed by atoms with Crippen molar-refractivity contribution in [2.24, 2.45) is 0 Å². The first-order valence-electron chi connectivity index (χ1n) is 17.5. The Labute approximate surface area is 300 Å². The average molecular weight is 663 g/mol. The predicted molar refractivity (Wildman–Crippen MR) is 215 cm³/mol. The highest BCUT2D eigenvalue weighted by molar-refractivity contribution is 6.13. The van der Waals surface area contributed by atoms with Crippen molar-refractivity contribution in [2.45, 2.75) is 0 Å². The molecule has 0 fully saturated rings. The van der Waals surface area contributed by atoms with Gasteiger partial charge in [-0.3, -0.25) is 0 Å². The van der Waals surface area contributed by atoms with E-state index in [9.17, 15) is 0 Å². The Bertz CT molecular complexity index is 2870. The third-order valence-electron chi connectivity index (χ3n) is 9.85. The van der Waals surface area contributed by atoms with Crippen LogP contribution in [0.4, 0.5) is 0 Å². The van der Waals surface area contributed by atoms with Gasteiger partial charge in [-0.05, 0) is 73.8 Å². The molecule has 10 aromatic rings. The van der Waals surface area contributed by atoms with E-state index >= 15 is 0 Å². The second kappa shape index (κ2) is 12.4. The summed E-state index contributed by atoms with van der Waals surface area (Å²) in [6.07, 6.45) is 0. The fraction of sp³-hybridized carbons (Fsp3) is 0. The van der Waals surface area contributed by atoms with Gasteiger partial charge in [-0.25, -0.2) is 19.9 Å². The van der Waals surface area contributed by atoms with Crippen molar-refractivity contribution < 1.29 is 0 Å². The molecule has 0 spiro atoms. The van der Waals surface area contributed by atoms with Crippen LogP contribution in [0.2, 0.25) is 0 Å². The Morgan fingerprint density at radius 1 is 0.288 bits per heavy atom. The van der Waals surface area contributed by atoms with E-state index in [0.29, 0.717) is 17.5 Å². The number of benzene rings is 8. The van der Waals surface area contributed by atoms with Gasteiger partial charge in [0.25, 0.3) is 0 Å². The van der Waals surface area contributed by atoms with E-state index in [4.69, 9.17) is 19.9 Å². The fourth-order valence-electron chi connectivity index (χ4n) is 7.24. The van der Waals surface area contributed by atoms with Crippen molar-refractivity contribution >= 4 is 43.2 Å². The molecule has 0 aliphatic carbocycles. The summed E-state index contributed by atoms with van der Waals surface area (Å²) >= 11 is 0. The maximum atomic E-state index is 5.25. The lowest BCUT2D eigenvalue weighted by Gasteiger charge is -2.14. The van der Waals surface area contributed by atoms with Crippen LogP contribution < -0.4 is 0 Å². The van der Waals surface area contributed by atoms with Crippen LogP contribution in [0.5, 0.6) is 0 Å². The standard InChI is InChI=1S/C48H30N4/c1-2-13-33(14-3-1)42-30-44(49-43-26-25-34-15-8-9-20-41(34)45(42)43)37-18-10-19-38(29-37)46-50-47(39-23-21-31-11-4-6-16-35(31)27-39)52-48(51-46)40-24-22-32-12-5-7-17-36(32)28-40/h1-30H. The Morgan fingerprint density at radius 2 is 0.788 bits per heavy atom. The van der Waals surface area contributed by atoms with E-state index in [1.54, 1.807) is 0 Å². The number of rotatable bonds is 5. The van der Waals surface area contributed by atoms with Crippen LogP contribution in [0.25, 0.3) is 99.8 Å². The van der Waals surface area contributed by atoms with Crippen LogP contribution in [0.15, 0.2) is 182 Å². The SMILES string of the molecule is c1ccc(-c2cc(-c3cccc(-c4nc(-c5ccc6ccccc6c5)nc(-c5ccc6ccccc6c5)n4)c3)nc3ccc4ccccc4c23)cc1. The third-order valence-corrected chi connectivity index (χ3v) is 9.85. The molecular formula is C48H30N4. The molecule has 0 bridgehead atoms. The van der Waals surface area contributed by atoms with E-state index in [1.165, 1.54) is 21.5 Å². The van der Waals surface area contributed by atoms with Crippen LogP contribution in [-0.2, 0) is 0 Å². The van der Waals surface area contributed by atoms with E-state index in [0.717, 1.165) is 60.8 Å². The van der Waals surface area contributed by atoms with Gasteiger partial charge in [0.15, 0.2) is 17.5 Å². The van der Waals surface area contributed by atoms with Gasteiger partial charge >= 0.3 is 0 Å². The molecule has 0 aliphatic heterocycles. The van der Waals surface area contributed by atoms with E-state index in [2.05, 4.69) is 182 Å². The zero-order chi connectivity index (χ0) is 34.4. The highest BCUT2D eigenvalue weighted by Crippen LogP contribution is 2.37. The van der Waals surface area contributed by atoms with Crippen LogP contribution in [0, 0.1) is 0 Å². The van der Waals surface area contributed by atoms with Gasteiger partial charge in [0.05, 0.1) is 11.2 Å². The minimum atomic E-state index is 0.609. The quantitative estimate of drug-likeness (QED) is 0.172. The number of hydrogen-bond acceptors (Lipinski definition) is 4. The second-order valence-corrected chi connectivity index (χ2v) is 13.1. The molecular weight excluding hydrogens is 633 g/mol. The van der Waals surface area contributed by atoms with Gasteiger partial charge in [-0.15, -0.1) is 0 Å². The molecule has 2 aromatic heterocycles. The van der Waals surface area contributed by atoms with E-state index < -0.39 is 0 Å². The number of nitrogens with zero attached hydrogens (tertiary/aromatic N) is 4. The molecule has 0 saturated heterocycles. The average Bonchev–Trinajstić information content (AvgIpc) is 3.23. The molecule has 242 valence electrons. The minimum absolute atomic E-state index is 0.609. The molecule has 0 atom stereocenters. The highest BCUT2D eigenvalue weighted by atomic mass is 15.0. The molecule has 2 heterocycles. The van der Waals surface area contributed by atoms with Gasteiger partial charge < -0.3 is 0 Å². The number of aromatic nitrogens is 4. The summed E-state index contributed by atoms with van der Waals surface area (Å²) < 4.78 is 0. The number of fused-ring (bicyclic) bond motifs is 5. The van der Waals surface area contributed by atoms with Gasteiger partial charge in [0.1, 0.15) is 0 Å². The molecule has 0 radical (unpaired) electrons. The van der Waals surface area contributed by atoms with Crippen LogP contribution in [0.3, 0.4) is 0 Å². The normalized spacial score (nSPS) is 11.5. The molecule has 10 rings (SSSR count). The number of pyridine rings is 1. The maximum absolute atomic E-state index is 5.25. The summed E-state index contributed by atoms with van der Waals surface area (Å²) in [7, 11) is 0. The van der Waals surface area contributed by atoms with Crippen molar-refractivity contribution in [3.8, 4) is 56.5 Å². The summed E-state index contributed by atoms with van der Waals surface area (Å²) in [4.78, 5) is 20.5. The third kappa shape index (κ3) is 5.34. The van der Waals surface area contributed by atoms with Gasteiger partial charge in [-0.2, -0.15) is 0 Å². The molecule has 0 amide bonds. The summed E-state index contributed by atoms with van der Waals surface area (Å²) in [5.41, 5.74) is 7.92. The monoisotopic (exact) mass is 662 g/mol. The largest absolute Gasteiger partial charge is 0.248 e. The second-order valence-electron chi connectivity index (χ2n) is 13.1. The lowest BCUT2D eigenvalue weighted by Crippen LogP contribution is -2.00. The Kier molecular flexibility index (Phi) is 7.10. The van der Waals surface area contributed by atoms with E-state index in [-0.39, 0.29) is 0 Å². The molecule has 4 nitrogen and oxygen atoms in total. The van der Waals surface area contributed by atoms with E-state index in [1.807, 2.05) is 0 Å². The summed E-state index contributed by atoms with van der Waals surface area (Å²) in [6, 6.07) is 63.5. The Hall–Kier alpha value is -7.04. The molecule has 0 saturated carbocycles. The highest BCUT2D eigenvalue weighted by Gasteiger charge is 2.16. The van der Waals surface area contributed by atoms with Crippen molar-refractivity contribution in [1.29, 1.82) is 0 Å². The van der Waals surface area contributed by atoms with Crippen molar-refractivity contribution in [3.63, 3.8) is 0 Å². The minimum Gasteiger partial charge on any atom is -0.248 e. The van der Waals surface area contributed by atoms with Gasteiger partial charge in [-0.1, -0.05) is 152 Å². The predicted octanol–water partition coefficient (Wildman–Crippen LogP) is 12.2. The lowest BCUT2D eigenvalue weighted by atomic mass is 9.94. The maximum Gasteiger partial charge on any atom is 0.164 e. The lowest BCUT2D eigenvalue weighted by molar-refractivity contribution is 1.07. The first kappa shape index (κ1) is 29.8. The molecule has 4 heteroatoms. The van der Waals surface area contributed by atoms with Crippen LogP contribution >= 0.6 is 0 Å². The van der Waals surface area contributed by atoms with Crippen molar-refractivity contribution in [3.05, 3.63) is 182 Å². The van der Waals surface area contributed by atoms with Gasteiger partial charge in [0.2, 0.25) is 0 Å².